The molecule has 0 amide bonds. The minimum Gasteiger partial charge on any atom is -0.307 e. The summed E-state index contributed by atoms with van der Waals surface area (Å²) >= 11 is 0. The van der Waals surface area contributed by atoms with Crippen molar-refractivity contribution in [1.82, 2.24) is 9.38 Å². The van der Waals surface area contributed by atoms with Crippen LogP contribution < -0.4 is 0 Å². The summed E-state index contributed by atoms with van der Waals surface area (Å²) in [5, 5.41) is 10.9. The highest BCUT2D eigenvalue weighted by atomic mass is 15.0. The molecule has 0 saturated carbocycles. The van der Waals surface area contributed by atoms with E-state index in [0.29, 0.717) is 5.56 Å². The second kappa shape index (κ2) is 2.82. The van der Waals surface area contributed by atoms with E-state index < -0.39 is 0 Å². The van der Waals surface area contributed by atoms with E-state index in [1.54, 1.807) is 6.20 Å². The van der Waals surface area contributed by atoms with Crippen molar-refractivity contribution >= 4 is 16.4 Å². The van der Waals surface area contributed by atoms with Crippen LogP contribution in [0.4, 0.5) is 0 Å². The van der Waals surface area contributed by atoms with Crippen LogP contribution in [-0.4, -0.2) is 9.38 Å². The first-order valence-electron chi connectivity index (χ1n) is 4.64. The van der Waals surface area contributed by atoms with Crippen molar-refractivity contribution in [3.05, 3.63) is 48.4 Å². The van der Waals surface area contributed by atoms with Gasteiger partial charge in [0.15, 0.2) is 0 Å². The normalized spacial score (nSPS) is 10.6. The third kappa shape index (κ3) is 1.09. The first-order valence-corrected chi connectivity index (χ1v) is 4.64. The number of hydrogen-bond acceptors (Lipinski definition) is 2. The van der Waals surface area contributed by atoms with Gasteiger partial charge < -0.3 is 4.40 Å². The SMILES string of the molecule is N#Cc1ccc2c(ccn3ccnc23)c1. The second-order valence-electron chi connectivity index (χ2n) is 3.39. The van der Waals surface area contributed by atoms with Crippen molar-refractivity contribution in [2.45, 2.75) is 0 Å². The Hall–Kier alpha value is -2.34. The largest absolute Gasteiger partial charge is 0.307 e. The molecule has 3 nitrogen and oxygen atoms in total. The third-order valence-electron chi connectivity index (χ3n) is 2.50. The molecule has 0 spiro atoms. The Morgan fingerprint density at radius 2 is 2.13 bits per heavy atom. The zero-order valence-electron chi connectivity index (χ0n) is 7.88. The minimum atomic E-state index is 0.679. The molecular formula is C12H7N3. The van der Waals surface area contributed by atoms with Crippen LogP contribution in [0, 0.1) is 11.3 Å². The van der Waals surface area contributed by atoms with Gasteiger partial charge in [-0.15, -0.1) is 0 Å². The van der Waals surface area contributed by atoms with Gasteiger partial charge in [-0.3, -0.25) is 0 Å². The Kier molecular flexibility index (Phi) is 1.51. The van der Waals surface area contributed by atoms with Gasteiger partial charge in [0.1, 0.15) is 5.65 Å². The van der Waals surface area contributed by atoms with Gasteiger partial charge in [-0.05, 0) is 29.7 Å². The van der Waals surface area contributed by atoms with E-state index in [0.717, 1.165) is 16.4 Å². The first-order chi connectivity index (χ1) is 7.38. The maximum absolute atomic E-state index is 8.80. The highest BCUT2D eigenvalue weighted by Gasteiger charge is 2.01. The van der Waals surface area contributed by atoms with Crippen LogP contribution in [-0.2, 0) is 0 Å². The Morgan fingerprint density at radius 1 is 1.20 bits per heavy atom. The maximum Gasteiger partial charge on any atom is 0.144 e. The smallest absolute Gasteiger partial charge is 0.144 e. The van der Waals surface area contributed by atoms with Crippen molar-refractivity contribution in [3.63, 3.8) is 0 Å². The summed E-state index contributed by atoms with van der Waals surface area (Å²) in [6, 6.07) is 9.76. The van der Waals surface area contributed by atoms with Crippen LogP contribution in [0.1, 0.15) is 5.56 Å². The van der Waals surface area contributed by atoms with Gasteiger partial charge >= 0.3 is 0 Å². The van der Waals surface area contributed by atoms with E-state index in [1.165, 1.54) is 0 Å². The number of rotatable bonds is 0. The number of hydrogen-bond donors (Lipinski definition) is 0. The molecule has 0 N–H and O–H groups in total. The van der Waals surface area contributed by atoms with Crippen LogP contribution in [0.25, 0.3) is 16.4 Å². The number of nitrogens with zero attached hydrogens (tertiary/aromatic N) is 3. The van der Waals surface area contributed by atoms with Gasteiger partial charge in [0.25, 0.3) is 0 Å². The molecule has 0 atom stereocenters. The van der Waals surface area contributed by atoms with Gasteiger partial charge in [0.05, 0.1) is 11.6 Å². The van der Waals surface area contributed by atoms with Gasteiger partial charge in [0, 0.05) is 24.0 Å². The average Bonchev–Trinajstić information content (AvgIpc) is 2.76. The number of fused-ring (bicyclic) bond motifs is 3. The van der Waals surface area contributed by atoms with Crippen LogP contribution in [0.2, 0.25) is 0 Å². The van der Waals surface area contributed by atoms with E-state index in [-0.39, 0.29) is 0 Å². The molecule has 3 heteroatoms. The summed E-state index contributed by atoms with van der Waals surface area (Å²) in [6.45, 7) is 0. The van der Waals surface area contributed by atoms with Gasteiger partial charge in [-0.25, -0.2) is 4.98 Å². The number of imidazole rings is 1. The average molecular weight is 193 g/mol. The lowest BCUT2D eigenvalue weighted by atomic mass is 10.1. The van der Waals surface area contributed by atoms with E-state index >= 15 is 0 Å². The summed E-state index contributed by atoms with van der Waals surface area (Å²) in [6.07, 6.45) is 5.63. The fraction of sp³-hybridized carbons (Fsp3) is 0. The molecule has 0 aliphatic rings. The molecule has 0 unspecified atom stereocenters. The van der Waals surface area contributed by atoms with Gasteiger partial charge in [-0.2, -0.15) is 5.26 Å². The van der Waals surface area contributed by atoms with Crippen LogP contribution in [0.3, 0.4) is 0 Å². The highest BCUT2D eigenvalue weighted by molar-refractivity contribution is 5.94. The first kappa shape index (κ1) is 8.01. The summed E-state index contributed by atoms with van der Waals surface area (Å²) < 4.78 is 1.97. The molecule has 2 heterocycles. The molecule has 3 rings (SSSR count). The van der Waals surface area contributed by atoms with Crippen molar-refractivity contribution in [2.75, 3.05) is 0 Å². The summed E-state index contributed by atoms with van der Waals surface area (Å²) in [5.41, 5.74) is 1.61. The molecule has 3 aromatic rings. The van der Waals surface area contributed by atoms with E-state index in [9.17, 15) is 0 Å². The topological polar surface area (TPSA) is 41.1 Å². The quantitative estimate of drug-likeness (QED) is 0.550. The van der Waals surface area contributed by atoms with E-state index in [2.05, 4.69) is 11.1 Å². The molecule has 1 aromatic carbocycles. The monoisotopic (exact) mass is 193 g/mol. The molecule has 0 bridgehead atoms. The van der Waals surface area contributed by atoms with Crippen LogP contribution in [0.5, 0.6) is 0 Å². The molecule has 0 fully saturated rings. The molecule has 2 aromatic heterocycles. The second-order valence-corrected chi connectivity index (χ2v) is 3.39. The Balaban J connectivity index is 2.50. The Labute approximate surface area is 86.2 Å². The van der Waals surface area contributed by atoms with Crippen LogP contribution in [0.15, 0.2) is 42.9 Å². The zero-order valence-corrected chi connectivity index (χ0v) is 7.88. The zero-order chi connectivity index (χ0) is 10.3. The van der Waals surface area contributed by atoms with Crippen molar-refractivity contribution in [3.8, 4) is 6.07 Å². The molecule has 0 saturated heterocycles. The number of benzene rings is 1. The lowest BCUT2D eigenvalue weighted by Crippen LogP contribution is -1.85. The highest BCUT2D eigenvalue weighted by Crippen LogP contribution is 2.19. The predicted molar refractivity (Wildman–Crippen MR) is 57.4 cm³/mol. The number of pyridine rings is 1. The standard InChI is InChI=1S/C12H7N3/c13-8-9-1-2-11-10(7-9)3-5-15-6-4-14-12(11)15/h1-7H. The summed E-state index contributed by atoms with van der Waals surface area (Å²) in [5.74, 6) is 0. The summed E-state index contributed by atoms with van der Waals surface area (Å²) in [4.78, 5) is 4.28. The van der Waals surface area contributed by atoms with Crippen molar-refractivity contribution in [1.29, 1.82) is 5.26 Å². The minimum absolute atomic E-state index is 0.679. The Bertz CT molecular complexity index is 689. The fourth-order valence-electron chi connectivity index (χ4n) is 1.78. The van der Waals surface area contributed by atoms with Gasteiger partial charge in [-0.1, -0.05) is 0 Å². The third-order valence-corrected chi connectivity index (χ3v) is 2.50. The number of nitriles is 1. The number of aromatic nitrogens is 2. The molecule has 15 heavy (non-hydrogen) atoms. The lowest BCUT2D eigenvalue weighted by Gasteiger charge is -2.00. The predicted octanol–water partition coefficient (Wildman–Crippen LogP) is 2.36. The molecular weight excluding hydrogens is 186 g/mol. The Morgan fingerprint density at radius 3 is 3.00 bits per heavy atom. The van der Waals surface area contributed by atoms with E-state index in [1.807, 2.05) is 41.1 Å². The van der Waals surface area contributed by atoms with Crippen LogP contribution >= 0.6 is 0 Å². The van der Waals surface area contributed by atoms with E-state index in [4.69, 9.17) is 5.26 Å². The molecule has 0 aliphatic heterocycles. The maximum atomic E-state index is 8.80. The van der Waals surface area contributed by atoms with Gasteiger partial charge in [0.2, 0.25) is 0 Å². The van der Waals surface area contributed by atoms with Crippen molar-refractivity contribution < 1.29 is 0 Å². The molecule has 0 aliphatic carbocycles. The van der Waals surface area contributed by atoms with Crippen molar-refractivity contribution in [2.24, 2.45) is 0 Å². The lowest BCUT2D eigenvalue weighted by molar-refractivity contribution is 1.20. The summed E-state index contributed by atoms with van der Waals surface area (Å²) in [7, 11) is 0. The molecule has 70 valence electrons. The molecule has 0 radical (unpaired) electrons. The fourth-order valence-corrected chi connectivity index (χ4v) is 1.78.